The van der Waals surface area contributed by atoms with Crippen LogP contribution in [0, 0.1) is 0 Å². The minimum Gasteiger partial charge on any atom is -0.508 e. The average Bonchev–Trinajstić information content (AvgIpc) is 2.39. The van der Waals surface area contributed by atoms with Crippen LogP contribution in [-0.2, 0) is 6.42 Å². The molecule has 0 aliphatic heterocycles. The van der Waals surface area contributed by atoms with Crippen LogP contribution in [0.25, 0.3) is 0 Å². The molecule has 19 heavy (non-hydrogen) atoms. The molecule has 2 aromatic carbocycles. The fraction of sp³-hybridized carbons (Fsp3) is 0.200. The van der Waals surface area contributed by atoms with Gasteiger partial charge in [0.1, 0.15) is 11.5 Å². The number of halogens is 1. The minimum atomic E-state index is 0. The molecule has 3 nitrogen and oxygen atoms in total. The molecule has 0 saturated carbocycles. The number of benzene rings is 2. The van der Waals surface area contributed by atoms with Crippen molar-refractivity contribution in [2.24, 2.45) is 0 Å². The van der Waals surface area contributed by atoms with Crippen LogP contribution in [0.3, 0.4) is 0 Å². The fourth-order valence-electron chi connectivity index (χ4n) is 1.96. The highest BCUT2D eigenvalue weighted by Crippen LogP contribution is 2.21. The van der Waals surface area contributed by atoms with Gasteiger partial charge in [-0.1, -0.05) is 24.3 Å². The summed E-state index contributed by atoms with van der Waals surface area (Å²) >= 11 is 0. The van der Waals surface area contributed by atoms with E-state index in [1.165, 1.54) is 0 Å². The summed E-state index contributed by atoms with van der Waals surface area (Å²) in [5.74, 6) is 0.558. The lowest BCUT2D eigenvalue weighted by molar-refractivity contribution is 0.473. The van der Waals surface area contributed by atoms with Crippen molar-refractivity contribution in [1.82, 2.24) is 5.32 Å². The Morgan fingerprint density at radius 3 is 1.84 bits per heavy atom. The van der Waals surface area contributed by atoms with Crippen molar-refractivity contribution in [2.75, 3.05) is 7.05 Å². The van der Waals surface area contributed by atoms with Gasteiger partial charge in [0.25, 0.3) is 0 Å². The van der Waals surface area contributed by atoms with E-state index in [-0.39, 0.29) is 34.5 Å². The molecule has 2 aromatic rings. The Balaban J connectivity index is 0.00000180. The molecule has 2 rings (SSSR count). The fourth-order valence-corrected chi connectivity index (χ4v) is 1.96. The van der Waals surface area contributed by atoms with Gasteiger partial charge in [0.2, 0.25) is 0 Å². The smallest absolute Gasteiger partial charge is 0.115 e. The summed E-state index contributed by atoms with van der Waals surface area (Å²) in [5.41, 5.74) is 2.28. The van der Waals surface area contributed by atoms with Crippen molar-refractivity contribution in [3.63, 3.8) is 0 Å². The highest BCUT2D eigenvalue weighted by molar-refractivity contribution is 8.93. The number of nitrogens with one attached hydrogen (secondary N) is 1. The largest absolute Gasteiger partial charge is 0.508 e. The zero-order valence-electron chi connectivity index (χ0n) is 10.7. The third-order valence-corrected chi connectivity index (χ3v) is 3.02. The van der Waals surface area contributed by atoms with Gasteiger partial charge in [0.15, 0.2) is 0 Å². The number of hydrogen-bond donors (Lipinski definition) is 3. The number of likely N-dealkylation sites (N-methyl/N-ethyl adjacent to an activating group) is 1. The van der Waals surface area contributed by atoms with Crippen molar-refractivity contribution >= 4 is 17.0 Å². The molecule has 3 N–H and O–H groups in total. The summed E-state index contributed by atoms with van der Waals surface area (Å²) in [6.07, 6.45) is 0.835. The third kappa shape index (κ3) is 4.26. The predicted octanol–water partition coefficient (Wildman–Crippen LogP) is 3.18. The molecule has 4 heteroatoms. The van der Waals surface area contributed by atoms with E-state index >= 15 is 0 Å². The molecular weight excluding hydrogens is 306 g/mol. The summed E-state index contributed by atoms with van der Waals surface area (Å²) in [6, 6.07) is 14.6. The van der Waals surface area contributed by atoms with Crippen molar-refractivity contribution in [1.29, 1.82) is 0 Å². The molecular formula is C15H18BrNO2. The van der Waals surface area contributed by atoms with Gasteiger partial charge in [-0.2, -0.15) is 0 Å². The van der Waals surface area contributed by atoms with E-state index in [2.05, 4.69) is 5.32 Å². The van der Waals surface area contributed by atoms with E-state index in [0.717, 1.165) is 17.5 Å². The highest BCUT2D eigenvalue weighted by atomic mass is 79.9. The van der Waals surface area contributed by atoms with Gasteiger partial charge in [-0.25, -0.2) is 0 Å². The molecule has 1 unspecified atom stereocenters. The number of phenols is 2. The van der Waals surface area contributed by atoms with Gasteiger partial charge in [0.05, 0.1) is 0 Å². The second-order valence-electron chi connectivity index (χ2n) is 4.30. The van der Waals surface area contributed by atoms with Crippen molar-refractivity contribution in [3.05, 3.63) is 59.7 Å². The predicted molar refractivity (Wildman–Crippen MR) is 82.0 cm³/mol. The van der Waals surface area contributed by atoms with Gasteiger partial charge in [-0.15, -0.1) is 17.0 Å². The lowest BCUT2D eigenvalue weighted by atomic mass is 9.99. The van der Waals surface area contributed by atoms with Crippen LogP contribution >= 0.6 is 17.0 Å². The first kappa shape index (κ1) is 15.5. The first-order valence-electron chi connectivity index (χ1n) is 5.93. The molecule has 0 amide bonds. The SMILES string of the molecule is Br.CNC(Cc1ccc(O)cc1)c1ccc(O)cc1. The van der Waals surface area contributed by atoms with Crippen LogP contribution in [-0.4, -0.2) is 17.3 Å². The summed E-state index contributed by atoms with van der Waals surface area (Å²) in [6.45, 7) is 0. The maximum absolute atomic E-state index is 9.28. The van der Waals surface area contributed by atoms with Crippen LogP contribution in [0.1, 0.15) is 17.2 Å². The Labute approximate surface area is 123 Å². The van der Waals surface area contributed by atoms with Gasteiger partial charge < -0.3 is 15.5 Å². The van der Waals surface area contributed by atoms with E-state index in [1.807, 2.05) is 31.3 Å². The first-order chi connectivity index (χ1) is 8.69. The van der Waals surface area contributed by atoms with Crippen LogP contribution < -0.4 is 5.32 Å². The minimum absolute atomic E-state index is 0. The number of rotatable bonds is 4. The van der Waals surface area contributed by atoms with Crippen molar-refractivity contribution in [2.45, 2.75) is 12.5 Å². The standard InChI is InChI=1S/C15H17NO2.BrH/c1-16-15(12-4-8-14(18)9-5-12)10-11-2-6-13(17)7-3-11;/h2-9,15-18H,10H2,1H3;1H. The first-order valence-corrected chi connectivity index (χ1v) is 5.93. The molecule has 0 fully saturated rings. The monoisotopic (exact) mass is 323 g/mol. The molecule has 0 aliphatic carbocycles. The Morgan fingerprint density at radius 1 is 0.895 bits per heavy atom. The Hall–Kier alpha value is -1.52. The molecule has 0 aromatic heterocycles. The second kappa shape index (κ2) is 7.16. The van der Waals surface area contributed by atoms with Crippen LogP contribution in [0.15, 0.2) is 48.5 Å². The number of aromatic hydroxyl groups is 2. The van der Waals surface area contributed by atoms with Crippen LogP contribution in [0.5, 0.6) is 11.5 Å². The van der Waals surface area contributed by atoms with Gasteiger partial charge in [0, 0.05) is 6.04 Å². The Kier molecular flexibility index (Phi) is 5.86. The van der Waals surface area contributed by atoms with E-state index in [1.54, 1.807) is 24.3 Å². The van der Waals surface area contributed by atoms with E-state index in [4.69, 9.17) is 0 Å². The van der Waals surface area contributed by atoms with Crippen LogP contribution in [0.4, 0.5) is 0 Å². The summed E-state index contributed by atoms with van der Waals surface area (Å²) in [4.78, 5) is 0. The maximum Gasteiger partial charge on any atom is 0.115 e. The molecule has 102 valence electrons. The Morgan fingerprint density at radius 2 is 1.37 bits per heavy atom. The lowest BCUT2D eigenvalue weighted by Crippen LogP contribution is -2.18. The van der Waals surface area contributed by atoms with Crippen molar-refractivity contribution in [3.8, 4) is 11.5 Å². The Bertz CT molecular complexity index is 497. The van der Waals surface area contributed by atoms with Gasteiger partial charge in [-0.05, 0) is 48.9 Å². The maximum atomic E-state index is 9.28. The quantitative estimate of drug-likeness (QED) is 0.810. The van der Waals surface area contributed by atoms with E-state index in [9.17, 15) is 10.2 Å². The zero-order valence-corrected chi connectivity index (χ0v) is 12.4. The van der Waals surface area contributed by atoms with Crippen molar-refractivity contribution < 1.29 is 10.2 Å². The third-order valence-electron chi connectivity index (χ3n) is 3.02. The zero-order chi connectivity index (χ0) is 13.0. The normalized spacial score (nSPS) is 11.6. The van der Waals surface area contributed by atoms with E-state index in [0.29, 0.717) is 0 Å². The van der Waals surface area contributed by atoms with Gasteiger partial charge >= 0.3 is 0 Å². The topological polar surface area (TPSA) is 52.5 Å². The molecule has 0 bridgehead atoms. The average molecular weight is 324 g/mol. The lowest BCUT2D eigenvalue weighted by Gasteiger charge is -2.17. The number of phenolic OH excluding ortho intramolecular Hbond substituents is 2. The highest BCUT2D eigenvalue weighted by Gasteiger charge is 2.09. The van der Waals surface area contributed by atoms with Gasteiger partial charge in [-0.3, -0.25) is 0 Å². The molecule has 0 aliphatic rings. The molecule has 0 saturated heterocycles. The molecule has 0 heterocycles. The number of hydrogen-bond acceptors (Lipinski definition) is 3. The molecule has 0 radical (unpaired) electrons. The molecule has 0 spiro atoms. The summed E-state index contributed by atoms with van der Waals surface area (Å²) < 4.78 is 0. The molecule has 1 atom stereocenters. The second-order valence-corrected chi connectivity index (χ2v) is 4.30. The summed E-state index contributed by atoms with van der Waals surface area (Å²) in [5, 5.41) is 21.8. The van der Waals surface area contributed by atoms with E-state index < -0.39 is 0 Å². The summed E-state index contributed by atoms with van der Waals surface area (Å²) in [7, 11) is 1.91. The van der Waals surface area contributed by atoms with Crippen LogP contribution in [0.2, 0.25) is 0 Å².